The van der Waals surface area contributed by atoms with Gasteiger partial charge >= 0.3 is 0 Å². The lowest BCUT2D eigenvalue weighted by Gasteiger charge is -2.15. The van der Waals surface area contributed by atoms with E-state index >= 15 is 0 Å². The number of nitrogens with one attached hydrogen (secondary N) is 1. The highest BCUT2D eigenvalue weighted by atomic mass is 14.9. The highest BCUT2D eigenvalue weighted by Gasteiger charge is 2.18. The van der Waals surface area contributed by atoms with Crippen molar-refractivity contribution in [1.82, 2.24) is 9.97 Å². The molecule has 1 aromatic rings. The molecule has 0 fully saturated rings. The number of hydrogen-bond acceptors (Lipinski definition) is 2. The summed E-state index contributed by atoms with van der Waals surface area (Å²) in [7, 11) is 0. The van der Waals surface area contributed by atoms with Gasteiger partial charge in [-0.15, -0.1) is 0 Å². The van der Waals surface area contributed by atoms with Gasteiger partial charge in [0.15, 0.2) is 0 Å². The van der Waals surface area contributed by atoms with Gasteiger partial charge in [-0.3, -0.25) is 0 Å². The number of aryl methyl sites for hydroxylation is 2. The van der Waals surface area contributed by atoms with Crippen molar-refractivity contribution >= 4 is 0 Å². The van der Waals surface area contributed by atoms with E-state index in [1.807, 2.05) is 0 Å². The minimum absolute atomic E-state index is 0.336. The van der Waals surface area contributed by atoms with Crippen LogP contribution < -0.4 is 5.73 Å². The molecular weight excluding hydrogens is 162 g/mol. The summed E-state index contributed by atoms with van der Waals surface area (Å²) in [6.45, 7) is 2.17. The summed E-state index contributed by atoms with van der Waals surface area (Å²) in [6.07, 6.45) is 5.33. The second kappa shape index (κ2) is 3.50. The molecule has 1 unspecified atom stereocenters. The Bertz CT molecular complexity index is 290. The van der Waals surface area contributed by atoms with Crippen LogP contribution in [0.5, 0.6) is 0 Å². The van der Waals surface area contributed by atoms with Crippen LogP contribution >= 0.6 is 0 Å². The molecule has 3 nitrogen and oxygen atoms in total. The maximum atomic E-state index is 5.89. The number of H-pyrrole nitrogens is 1. The first-order chi connectivity index (χ1) is 6.29. The Labute approximate surface area is 78.7 Å². The first-order valence-electron chi connectivity index (χ1n) is 5.11. The number of hydrogen-bond donors (Lipinski definition) is 2. The topological polar surface area (TPSA) is 54.7 Å². The van der Waals surface area contributed by atoms with Gasteiger partial charge in [0.2, 0.25) is 0 Å². The van der Waals surface area contributed by atoms with Crippen LogP contribution in [0.4, 0.5) is 0 Å². The average Bonchev–Trinajstić information content (AvgIpc) is 2.46. The number of fused-ring (bicyclic) bond motifs is 1. The third-order valence-electron chi connectivity index (χ3n) is 2.62. The van der Waals surface area contributed by atoms with Crippen LogP contribution in [0.15, 0.2) is 0 Å². The molecule has 2 rings (SSSR count). The minimum Gasteiger partial charge on any atom is -0.346 e. The van der Waals surface area contributed by atoms with E-state index in [9.17, 15) is 0 Å². The fourth-order valence-electron chi connectivity index (χ4n) is 1.92. The summed E-state index contributed by atoms with van der Waals surface area (Å²) in [5, 5.41) is 0. The molecule has 1 aliphatic carbocycles. The van der Waals surface area contributed by atoms with Gasteiger partial charge in [-0.25, -0.2) is 4.98 Å². The lowest BCUT2D eigenvalue weighted by Crippen LogP contribution is -2.27. The quantitative estimate of drug-likeness (QED) is 0.716. The first-order valence-corrected chi connectivity index (χ1v) is 5.11. The van der Waals surface area contributed by atoms with Crippen LogP contribution in [0.2, 0.25) is 0 Å². The van der Waals surface area contributed by atoms with Crippen molar-refractivity contribution in [2.24, 2.45) is 5.73 Å². The van der Waals surface area contributed by atoms with Crippen molar-refractivity contribution in [3.05, 3.63) is 17.2 Å². The molecule has 1 atom stereocenters. The third-order valence-corrected chi connectivity index (χ3v) is 2.62. The van der Waals surface area contributed by atoms with Crippen LogP contribution in [0.25, 0.3) is 0 Å². The van der Waals surface area contributed by atoms with Gasteiger partial charge in [0.25, 0.3) is 0 Å². The highest BCUT2D eigenvalue weighted by molar-refractivity contribution is 5.19. The number of aromatic amines is 1. The van der Waals surface area contributed by atoms with Crippen molar-refractivity contribution in [2.75, 3.05) is 0 Å². The fourth-order valence-corrected chi connectivity index (χ4v) is 1.92. The summed E-state index contributed by atoms with van der Waals surface area (Å²) >= 11 is 0. The predicted molar refractivity (Wildman–Crippen MR) is 52.6 cm³/mol. The maximum absolute atomic E-state index is 5.89. The van der Waals surface area contributed by atoms with Gasteiger partial charge in [-0.05, 0) is 19.3 Å². The standard InChI is InChI=1S/C10H17N3/c1-2-3-10-12-8-5-4-7(11)6-9(8)13-10/h7H,2-6,11H2,1H3,(H,12,13). The Hall–Kier alpha value is -0.830. The minimum atomic E-state index is 0.336. The molecule has 0 saturated heterocycles. The SMILES string of the molecule is CCCc1nc2c([nH]1)CC(N)CC2. The lowest BCUT2D eigenvalue weighted by molar-refractivity contribution is 0.565. The molecule has 0 radical (unpaired) electrons. The molecule has 1 aromatic heterocycles. The van der Waals surface area contributed by atoms with Gasteiger partial charge in [-0.2, -0.15) is 0 Å². The average molecular weight is 179 g/mol. The molecule has 0 aromatic carbocycles. The van der Waals surface area contributed by atoms with Crippen molar-refractivity contribution in [2.45, 2.75) is 45.1 Å². The Balaban J connectivity index is 2.18. The van der Waals surface area contributed by atoms with E-state index < -0.39 is 0 Å². The van der Waals surface area contributed by atoms with E-state index in [-0.39, 0.29) is 0 Å². The Morgan fingerprint density at radius 2 is 2.46 bits per heavy atom. The number of nitrogens with zero attached hydrogens (tertiary/aromatic N) is 1. The van der Waals surface area contributed by atoms with E-state index in [4.69, 9.17) is 5.73 Å². The van der Waals surface area contributed by atoms with Gasteiger partial charge in [0, 0.05) is 24.6 Å². The largest absolute Gasteiger partial charge is 0.346 e. The Kier molecular flexibility index (Phi) is 2.36. The third kappa shape index (κ3) is 1.75. The molecule has 0 spiro atoms. The lowest BCUT2D eigenvalue weighted by atomic mass is 9.97. The molecule has 0 saturated carbocycles. The smallest absolute Gasteiger partial charge is 0.106 e. The fraction of sp³-hybridized carbons (Fsp3) is 0.700. The molecule has 3 heteroatoms. The summed E-state index contributed by atoms with van der Waals surface area (Å²) in [6, 6.07) is 0.336. The summed E-state index contributed by atoms with van der Waals surface area (Å²) in [4.78, 5) is 7.94. The van der Waals surface area contributed by atoms with E-state index in [1.165, 1.54) is 11.4 Å². The zero-order valence-corrected chi connectivity index (χ0v) is 8.14. The molecule has 3 N–H and O–H groups in total. The van der Waals surface area contributed by atoms with Crippen molar-refractivity contribution in [3.8, 4) is 0 Å². The predicted octanol–water partition coefficient (Wildman–Crippen LogP) is 1.18. The van der Waals surface area contributed by atoms with Crippen LogP contribution in [0.1, 0.15) is 37.0 Å². The summed E-state index contributed by atoms with van der Waals surface area (Å²) in [5.41, 5.74) is 8.42. The number of nitrogens with two attached hydrogens (primary N) is 1. The molecule has 72 valence electrons. The van der Waals surface area contributed by atoms with Gasteiger partial charge in [0.1, 0.15) is 5.82 Å². The van der Waals surface area contributed by atoms with Gasteiger partial charge in [-0.1, -0.05) is 6.92 Å². The van der Waals surface area contributed by atoms with Crippen LogP contribution in [-0.2, 0) is 19.3 Å². The summed E-state index contributed by atoms with van der Waals surface area (Å²) < 4.78 is 0. The van der Waals surface area contributed by atoms with Crippen molar-refractivity contribution < 1.29 is 0 Å². The van der Waals surface area contributed by atoms with E-state index in [0.29, 0.717) is 6.04 Å². The molecule has 1 aliphatic rings. The second-order valence-electron chi connectivity index (χ2n) is 3.86. The number of rotatable bonds is 2. The highest BCUT2D eigenvalue weighted by Crippen LogP contribution is 2.18. The zero-order valence-electron chi connectivity index (χ0n) is 8.14. The van der Waals surface area contributed by atoms with Crippen LogP contribution in [0, 0.1) is 0 Å². The molecule has 0 bridgehead atoms. The zero-order chi connectivity index (χ0) is 9.26. The van der Waals surface area contributed by atoms with Gasteiger partial charge < -0.3 is 10.7 Å². The molecule has 0 amide bonds. The molecule has 13 heavy (non-hydrogen) atoms. The molecule has 1 heterocycles. The van der Waals surface area contributed by atoms with Gasteiger partial charge in [0.05, 0.1) is 5.69 Å². The van der Waals surface area contributed by atoms with E-state index in [1.54, 1.807) is 0 Å². The van der Waals surface area contributed by atoms with Crippen molar-refractivity contribution in [3.63, 3.8) is 0 Å². The summed E-state index contributed by atoms with van der Waals surface area (Å²) in [5.74, 6) is 1.14. The molecule has 0 aliphatic heterocycles. The Morgan fingerprint density at radius 3 is 3.23 bits per heavy atom. The monoisotopic (exact) mass is 179 g/mol. The maximum Gasteiger partial charge on any atom is 0.106 e. The molecular formula is C10H17N3. The number of imidazole rings is 1. The Morgan fingerprint density at radius 1 is 1.62 bits per heavy atom. The second-order valence-corrected chi connectivity index (χ2v) is 3.86. The first kappa shape index (κ1) is 8.75. The van der Waals surface area contributed by atoms with E-state index in [0.717, 1.165) is 37.9 Å². The van der Waals surface area contributed by atoms with Crippen molar-refractivity contribution in [1.29, 1.82) is 0 Å². The normalized spacial score (nSPS) is 21.5. The van der Waals surface area contributed by atoms with E-state index in [2.05, 4.69) is 16.9 Å². The number of aromatic nitrogens is 2. The van der Waals surface area contributed by atoms with Crippen LogP contribution in [0.3, 0.4) is 0 Å². The van der Waals surface area contributed by atoms with Crippen LogP contribution in [-0.4, -0.2) is 16.0 Å².